The highest BCUT2D eigenvalue weighted by molar-refractivity contribution is 5.95. The van der Waals surface area contributed by atoms with Crippen LogP contribution in [0.5, 0.6) is 0 Å². The van der Waals surface area contributed by atoms with E-state index in [-0.39, 0.29) is 28.7 Å². The topological polar surface area (TPSA) is 58.2 Å². The second kappa shape index (κ2) is 9.09. The van der Waals surface area contributed by atoms with Gasteiger partial charge in [-0.2, -0.15) is 0 Å². The molecule has 2 aromatic rings. The van der Waals surface area contributed by atoms with E-state index in [0.717, 1.165) is 30.4 Å². The van der Waals surface area contributed by atoms with Crippen molar-refractivity contribution >= 4 is 11.8 Å². The molecule has 1 saturated carbocycles. The van der Waals surface area contributed by atoms with Crippen molar-refractivity contribution in [1.82, 2.24) is 10.6 Å². The molecule has 0 radical (unpaired) electrons. The minimum atomic E-state index is -0.0850. The van der Waals surface area contributed by atoms with Gasteiger partial charge in [-0.25, -0.2) is 0 Å². The number of carbonyl (C=O) groups is 2. The summed E-state index contributed by atoms with van der Waals surface area (Å²) in [6.07, 6.45) is 2.79. The number of carbonyl (C=O) groups excluding carboxylic acids is 2. The highest BCUT2D eigenvalue weighted by atomic mass is 16.2. The number of hydrogen-bond acceptors (Lipinski definition) is 2. The van der Waals surface area contributed by atoms with Gasteiger partial charge >= 0.3 is 0 Å². The standard InChI is InChI=1S/C28H38N2O2/c1-18-8-10-22(12-20(18)3)25(31)29-17-28(7)15-24(14-27(5,6)16-28)30-26(32)23-11-9-19(2)21(4)13-23/h8-13,24H,14-17H2,1-7H3,(H,29,31)(H,30,32)/t24-,28+/m1/s1. The smallest absolute Gasteiger partial charge is 0.251 e. The lowest BCUT2D eigenvalue weighted by atomic mass is 9.62. The van der Waals surface area contributed by atoms with Crippen molar-refractivity contribution in [2.24, 2.45) is 10.8 Å². The third kappa shape index (κ3) is 5.79. The molecule has 2 amide bonds. The largest absolute Gasteiger partial charge is 0.351 e. The molecule has 2 N–H and O–H groups in total. The molecule has 0 spiro atoms. The van der Waals surface area contributed by atoms with Gasteiger partial charge in [0.1, 0.15) is 0 Å². The first-order valence-electron chi connectivity index (χ1n) is 11.6. The van der Waals surface area contributed by atoms with E-state index < -0.39 is 0 Å². The van der Waals surface area contributed by atoms with Gasteiger partial charge in [0, 0.05) is 23.7 Å². The van der Waals surface area contributed by atoms with E-state index in [1.165, 1.54) is 11.1 Å². The zero-order valence-electron chi connectivity index (χ0n) is 20.7. The summed E-state index contributed by atoms with van der Waals surface area (Å²) in [5.41, 5.74) is 6.03. The summed E-state index contributed by atoms with van der Waals surface area (Å²) in [6.45, 7) is 15.5. The molecule has 172 valence electrons. The molecule has 0 bridgehead atoms. The van der Waals surface area contributed by atoms with Crippen molar-refractivity contribution in [3.63, 3.8) is 0 Å². The predicted octanol–water partition coefficient (Wildman–Crippen LogP) is 5.67. The minimum absolute atomic E-state index is 0.0164. The Morgan fingerprint density at radius 2 is 1.34 bits per heavy atom. The number of nitrogens with one attached hydrogen (secondary N) is 2. The highest BCUT2D eigenvalue weighted by Crippen LogP contribution is 2.45. The van der Waals surface area contributed by atoms with E-state index >= 15 is 0 Å². The zero-order valence-corrected chi connectivity index (χ0v) is 20.7. The van der Waals surface area contributed by atoms with Crippen LogP contribution in [0.1, 0.15) is 83.0 Å². The van der Waals surface area contributed by atoms with Crippen molar-refractivity contribution in [1.29, 1.82) is 0 Å². The summed E-state index contributed by atoms with van der Waals surface area (Å²) in [5, 5.41) is 6.44. The van der Waals surface area contributed by atoms with E-state index in [4.69, 9.17) is 0 Å². The SMILES string of the molecule is Cc1ccc(C(=O)NC[C@@]2(C)C[C@H](NC(=O)c3ccc(C)c(C)c3)CC(C)(C)C2)cc1C. The zero-order chi connectivity index (χ0) is 23.7. The van der Waals surface area contributed by atoms with E-state index in [1.54, 1.807) is 0 Å². The van der Waals surface area contributed by atoms with Crippen molar-refractivity contribution in [3.8, 4) is 0 Å². The summed E-state index contributed by atoms with van der Waals surface area (Å²) in [6, 6.07) is 11.8. The molecule has 1 aliphatic carbocycles. The van der Waals surface area contributed by atoms with Gasteiger partial charge in [0.25, 0.3) is 11.8 Å². The third-order valence-electron chi connectivity index (χ3n) is 6.99. The van der Waals surface area contributed by atoms with Gasteiger partial charge in [-0.3, -0.25) is 9.59 Å². The van der Waals surface area contributed by atoms with Crippen molar-refractivity contribution in [2.45, 2.75) is 73.8 Å². The molecule has 3 rings (SSSR count). The van der Waals surface area contributed by atoms with Gasteiger partial charge in [0.05, 0.1) is 0 Å². The molecular weight excluding hydrogens is 396 g/mol. The summed E-state index contributed by atoms with van der Waals surface area (Å²) in [4.78, 5) is 25.7. The van der Waals surface area contributed by atoms with Crippen LogP contribution in [0.15, 0.2) is 36.4 Å². The Labute approximate surface area is 193 Å². The fourth-order valence-corrected chi connectivity index (χ4v) is 5.30. The Balaban J connectivity index is 1.68. The first kappa shape index (κ1) is 24.0. The van der Waals surface area contributed by atoms with E-state index in [1.807, 2.05) is 50.2 Å². The van der Waals surface area contributed by atoms with Gasteiger partial charge in [-0.1, -0.05) is 32.9 Å². The van der Waals surface area contributed by atoms with E-state index in [2.05, 4.69) is 45.3 Å². The number of hydrogen-bond donors (Lipinski definition) is 2. The van der Waals surface area contributed by atoms with E-state index in [0.29, 0.717) is 17.7 Å². The Morgan fingerprint density at radius 1 is 0.812 bits per heavy atom. The van der Waals surface area contributed by atoms with Crippen LogP contribution in [0.4, 0.5) is 0 Å². The molecule has 32 heavy (non-hydrogen) atoms. The quantitative estimate of drug-likeness (QED) is 0.637. The Hall–Kier alpha value is -2.62. The van der Waals surface area contributed by atoms with Crippen LogP contribution >= 0.6 is 0 Å². The fraction of sp³-hybridized carbons (Fsp3) is 0.500. The van der Waals surface area contributed by atoms with Crippen LogP contribution in [-0.2, 0) is 0 Å². The molecule has 0 aromatic heterocycles. The molecule has 0 heterocycles. The van der Waals surface area contributed by atoms with Crippen LogP contribution in [0.2, 0.25) is 0 Å². The van der Waals surface area contributed by atoms with Crippen molar-refractivity contribution in [3.05, 3.63) is 69.8 Å². The Morgan fingerprint density at radius 3 is 1.88 bits per heavy atom. The summed E-state index contributed by atoms with van der Waals surface area (Å²) in [5.74, 6) is -0.0502. The van der Waals surface area contributed by atoms with Crippen molar-refractivity contribution < 1.29 is 9.59 Å². The number of aryl methyl sites for hydroxylation is 4. The van der Waals surface area contributed by atoms with E-state index in [9.17, 15) is 9.59 Å². The maximum atomic E-state index is 12.9. The molecule has 4 nitrogen and oxygen atoms in total. The number of amides is 2. The molecule has 2 atom stereocenters. The molecule has 1 aliphatic rings. The molecule has 2 aromatic carbocycles. The van der Waals surface area contributed by atoms with Crippen LogP contribution in [0, 0.1) is 38.5 Å². The first-order valence-corrected chi connectivity index (χ1v) is 11.6. The summed E-state index contributed by atoms with van der Waals surface area (Å²) < 4.78 is 0. The summed E-state index contributed by atoms with van der Waals surface area (Å²) >= 11 is 0. The van der Waals surface area contributed by atoms with Crippen LogP contribution < -0.4 is 10.6 Å². The highest BCUT2D eigenvalue weighted by Gasteiger charge is 2.42. The van der Waals surface area contributed by atoms with Gasteiger partial charge in [0.2, 0.25) is 0 Å². The van der Waals surface area contributed by atoms with Gasteiger partial charge in [-0.05, 0) is 104 Å². The minimum Gasteiger partial charge on any atom is -0.351 e. The molecule has 0 saturated heterocycles. The second-order valence-corrected chi connectivity index (χ2v) is 11.0. The Bertz CT molecular complexity index is 1020. The molecular formula is C28H38N2O2. The van der Waals surface area contributed by atoms with Gasteiger partial charge in [0.15, 0.2) is 0 Å². The number of rotatable bonds is 5. The van der Waals surface area contributed by atoms with Crippen LogP contribution in [-0.4, -0.2) is 24.4 Å². The Kier molecular flexibility index (Phi) is 6.83. The molecule has 1 fully saturated rings. The average Bonchev–Trinajstić information content (AvgIpc) is 2.68. The summed E-state index contributed by atoms with van der Waals surface area (Å²) in [7, 11) is 0. The maximum Gasteiger partial charge on any atom is 0.251 e. The first-order chi connectivity index (χ1) is 14.9. The van der Waals surface area contributed by atoms with Gasteiger partial charge < -0.3 is 10.6 Å². The van der Waals surface area contributed by atoms with Gasteiger partial charge in [-0.15, -0.1) is 0 Å². The average molecular weight is 435 g/mol. The monoisotopic (exact) mass is 434 g/mol. The van der Waals surface area contributed by atoms with Crippen LogP contribution in [0.3, 0.4) is 0 Å². The predicted molar refractivity (Wildman–Crippen MR) is 131 cm³/mol. The van der Waals surface area contributed by atoms with Crippen molar-refractivity contribution in [2.75, 3.05) is 6.54 Å². The lowest BCUT2D eigenvalue weighted by Crippen LogP contribution is -2.50. The fourth-order valence-electron chi connectivity index (χ4n) is 5.30. The molecule has 0 unspecified atom stereocenters. The lowest BCUT2D eigenvalue weighted by molar-refractivity contribution is 0.0592. The number of benzene rings is 2. The molecule has 0 aliphatic heterocycles. The normalized spacial score (nSPS) is 22.3. The lowest BCUT2D eigenvalue weighted by Gasteiger charge is -2.47. The second-order valence-electron chi connectivity index (χ2n) is 11.0. The third-order valence-corrected chi connectivity index (χ3v) is 6.99. The maximum absolute atomic E-state index is 12.9. The van der Waals surface area contributed by atoms with Crippen LogP contribution in [0.25, 0.3) is 0 Å². The molecule has 4 heteroatoms.